The van der Waals surface area contributed by atoms with Crippen molar-refractivity contribution in [2.24, 2.45) is 0 Å². The van der Waals surface area contributed by atoms with Crippen LogP contribution in [0, 0.1) is 0 Å². The first-order chi connectivity index (χ1) is 17.1. The maximum Gasteiger partial charge on any atom is 0.178 e. The lowest BCUT2D eigenvalue weighted by Crippen LogP contribution is -2.09. The van der Waals surface area contributed by atoms with Crippen LogP contribution in [0.25, 0.3) is 24.3 Å². The van der Waals surface area contributed by atoms with E-state index in [1.165, 1.54) is 32.1 Å². The van der Waals surface area contributed by atoms with Crippen LogP contribution in [0.2, 0.25) is 0 Å². The van der Waals surface area contributed by atoms with Gasteiger partial charge in [0.15, 0.2) is 9.84 Å². The van der Waals surface area contributed by atoms with Crippen LogP contribution in [0.15, 0.2) is 83.8 Å². The largest absolute Gasteiger partial charge is 0.224 e. The average Bonchev–Trinajstić information content (AvgIpc) is 2.89. The molecule has 0 saturated carbocycles. The number of hydrogen-bond donors (Lipinski definition) is 0. The second kappa shape index (κ2) is 14.5. The summed E-state index contributed by atoms with van der Waals surface area (Å²) in [5, 5.41) is 0. The molecule has 0 radical (unpaired) electrons. The van der Waals surface area contributed by atoms with E-state index in [9.17, 15) is 8.42 Å². The van der Waals surface area contributed by atoms with Crippen molar-refractivity contribution >= 4 is 34.1 Å². The van der Waals surface area contributed by atoms with Gasteiger partial charge in [0.25, 0.3) is 0 Å². The van der Waals surface area contributed by atoms with E-state index in [1.54, 1.807) is 0 Å². The number of unbranched alkanes of at least 4 members (excludes halogenated alkanes) is 7. The summed E-state index contributed by atoms with van der Waals surface area (Å²) in [5.74, 6) is 0.194. The Morgan fingerprint density at radius 3 is 1.69 bits per heavy atom. The highest BCUT2D eigenvalue weighted by molar-refractivity contribution is 7.91. The van der Waals surface area contributed by atoms with Crippen LogP contribution in [-0.4, -0.2) is 14.2 Å². The molecule has 0 aromatic heterocycles. The molecule has 0 aliphatic carbocycles. The summed E-state index contributed by atoms with van der Waals surface area (Å²) >= 11 is 0. The van der Waals surface area contributed by atoms with E-state index in [0.29, 0.717) is 11.3 Å². The van der Waals surface area contributed by atoms with E-state index < -0.39 is 9.84 Å². The van der Waals surface area contributed by atoms with Crippen LogP contribution in [0.5, 0.6) is 0 Å². The van der Waals surface area contributed by atoms with E-state index in [1.807, 2.05) is 103 Å². The molecule has 0 aliphatic heterocycles. The summed E-state index contributed by atoms with van der Waals surface area (Å²) in [6.45, 7) is 2.22. The molecule has 0 saturated heterocycles. The molecule has 3 rings (SSSR count). The standard InChI is InChI=1S/C32H38O2S/c1-2-3-4-5-6-7-8-15-26-35(33,34)32-27-30(21-20-28-16-11-9-12-17-28)23-25-31(32)24-22-29-18-13-10-14-19-29/h9-14,16-25,27H,2-8,15,26H2,1H3/b21-20+,24-22+. The first kappa shape index (κ1) is 26.7. The third-order valence-electron chi connectivity index (χ3n) is 6.16. The molecule has 3 aromatic rings. The molecule has 3 aromatic carbocycles. The maximum atomic E-state index is 13.4. The lowest BCUT2D eigenvalue weighted by Gasteiger charge is -2.10. The van der Waals surface area contributed by atoms with Crippen molar-refractivity contribution in [1.82, 2.24) is 0 Å². The molecule has 35 heavy (non-hydrogen) atoms. The first-order valence-electron chi connectivity index (χ1n) is 12.9. The molecule has 0 fully saturated rings. The van der Waals surface area contributed by atoms with E-state index in [2.05, 4.69) is 6.92 Å². The third kappa shape index (κ3) is 9.33. The molecule has 0 N–H and O–H groups in total. The third-order valence-corrected chi connectivity index (χ3v) is 8.01. The zero-order chi connectivity index (χ0) is 24.8. The van der Waals surface area contributed by atoms with Crippen molar-refractivity contribution in [1.29, 1.82) is 0 Å². The second-order valence-corrected chi connectivity index (χ2v) is 11.2. The normalized spacial score (nSPS) is 12.0. The lowest BCUT2D eigenvalue weighted by molar-refractivity contribution is 0.572. The molecule has 2 nitrogen and oxygen atoms in total. The van der Waals surface area contributed by atoms with Crippen LogP contribution in [0.1, 0.15) is 80.5 Å². The lowest BCUT2D eigenvalue weighted by atomic mass is 10.1. The molecule has 0 amide bonds. The van der Waals surface area contributed by atoms with Crippen molar-refractivity contribution in [3.8, 4) is 0 Å². The number of hydrogen-bond acceptors (Lipinski definition) is 2. The van der Waals surface area contributed by atoms with Crippen molar-refractivity contribution in [2.45, 2.75) is 63.2 Å². The van der Waals surface area contributed by atoms with E-state index in [0.717, 1.165) is 35.1 Å². The summed E-state index contributed by atoms with van der Waals surface area (Å²) in [5.41, 5.74) is 3.77. The first-order valence-corrected chi connectivity index (χ1v) is 14.6. The topological polar surface area (TPSA) is 34.1 Å². The summed E-state index contributed by atoms with van der Waals surface area (Å²) in [6, 6.07) is 25.8. The number of rotatable bonds is 14. The zero-order valence-electron chi connectivity index (χ0n) is 20.9. The molecule has 0 heterocycles. The van der Waals surface area contributed by atoms with Gasteiger partial charge in [0.2, 0.25) is 0 Å². The van der Waals surface area contributed by atoms with E-state index in [4.69, 9.17) is 0 Å². The van der Waals surface area contributed by atoms with Gasteiger partial charge in [-0.15, -0.1) is 0 Å². The Labute approximate surface area is 212 Å². The fourth-order valence-corrected chi connectivity index (χ4v) is 5.72. The van der Waals surface area contributed by atoms with Crippen molar-refractivity contribution < 1.29 is 8.42 Å². The smallest absolute Gasteiger partial charge is 0.178 e. The minimum Gasteiger partial charge on any atom is -0.224 e. The van der Waals surface area contributed by atoms with Gasteiger partial charge >= 0.3 is 0 Å². The van der Waals surface area contributed by atoms with Gasteiger partial charge in [-0.25, -0.2) is 8.42 Å². The Bertz CT molecular complexity index is 1180. The minimum atomic E-state index is -3.39. The van der Waals surface area contributed by atoms with Crippen LogP contribution in [-0.2, 0) is 9.84 Å². The SMILES string of the molecule is CCCCCCCCCCS(=O)(=O)c1cc(/C=C/c2ccccc2)ccc1/C=C/c1ccccc1. The predicted molar refractivity (Wildman–Crippen MR) is 152 cm³/mol. The van der Waals surface area contributed by atoms with Crippen LogP contribution < -0.4 is 0 Å². The molecule has 0 aliphatic rings. The van der Waals surface area contributed by atoms with Crippen LogP contribution in [0.3, 0.4) is 0 Å². The van der Waals surface area contributed by atoms with Crippen molar-refractivity contribution in [2.75, 3.05) is 5.75 Å². The van der Waals surface area contributed by atoms with Gasteiger partial charge in [-0.2, -0.15) is 0 Å². The van der Waals surface area contributed by atoms with Gasteiger partial charge in [-0.05, 0) is 34.7 Å². The molecule has 184 valence electrons. The fraction of sp³-hybridized carbons (Fsp3) is 0.312. The number of benzene rings is 3. The predicted octanol–water partition coefficient (Wildman–Crippen LogP) is 8.94. The minimum absolute atomic E-state index is 0.194. The zero-order valence-corrected chi connectivity index (χ0v) is 21.7. The van der Waals surface area contributed by atoms with Gasteiger partial charge < -0.3 is 0 Å². The van der Waals surface area contributed by atoms with E-state index in [-0.39, 0.29) is 5.75 Å². The molecule has 0 atom stereocenters. The van der Waals surface area contributed by atoms with Gasteiger partial charge in [-0.1, -0.05) is 149 Å². The Balaban J connectivity index is 1.75. The van der Waals surface area contributed by atoms with Gasteiger partial charge in [-0.3, -0.25) is 0 Å². The summed E-state index contributed by atoms with van der Waals surface area (Å²) < 4.78 is 26.8. The monoisotopic (exact) mass is 486 g/mol. The van der Waals surface area contributed by atoms with Crippen LogP contribution in [0.4, 0.5) is 0 Å². The second-order valence-electron chi connectivity index (χ2n) is 9.08. The summed E-state index contributed by atoms with van der Waals surface area (Å²) in [4.78, 5) is 0.419. The average molecular weight is 487 g/mol. The van der Waals surface area contributed by atoms with Gasteiger partial charge in [0.05, 0.1) is 10.6 Å². The summed E-state index contributed by atoms with van der Waals surface area (Å²) in [6.07, 6.45) is 17.0. The number of sulfone groups is 1. The fourth-order valence-electron chi connectivity index (χ4n) is 4.10. The molecule has 0 spiro atoms. The molecular weight excluding hydrogens is 448 g/mol. The highest BCUT2D eigenvalue weighted by Gasteiger charge is 2.18. The van der Waals surface area contributed by atoms with Gasteiger partial charge in [0, 0.05) is 0 Å². The molecular formula is C32H38O2S. The Hall–Kier alpha value is -2.91. The summed E-state index contributed by atoms with van der Waals surface area (Å²) in [7, 11) is -3.39. The molecule has 3 heteroatoms. The molecule has 0 bridgehead atoms. The Morgan fingerprint density at radius 1 is 0.571 bits per heavy atom. The highest BCUT2D eigenvalue weighted by Crippen LogP contribution is 2.24. The highest BCUT2D eigenvalue weighted by atomic mass is 32.2. The van der Waals surface area contributed by atoms with Crippen LogP contribution >= 0.6 is 0 Å². The van der Waals surface area contributed by atoms with Crippen molar-refractivity contribution in [3.63, 3.8) is 0 Å². The maximum absolute atomic E-state index is 13.4. The molecule has 0 unspecified atom stereocenters. The quantitative estimate of drug-likeness (QED) is 0.168. The Kier molecular flexibility index (Phi) is 11.0. The van der Waals surface area contributed by atoms with E-state index >= 15 is 0 Å². The van der Waals surface area contributed by atoms with Gasteiger partial charge in [0.1, 0.15) is 0 Å². The van der Waals surface area contributed by atoms with Crippen molar-refractivity contribution in [3.05, 3.63) is 101 Å². The Morgan fingerprint density at radius 2 is 1.09 bits per heavy atom.